The van der Waals surface area contributed by atoms with E-state index >= 15 is 0 Å². The van der Waals surface area contributed by atoms with Gasteiger partial charge in [-0.3, -0.25) is 0 Å². The summed E-state index contributed by atoms with van der Waals surface area (Å²) in [5.74, 6) is 0.639. The van der Waals surface area contributed by atoms with Crippen molar-refractivity contribution >= 4 is 22.4 Å². The summed E-state index contributed by atoms with van der Waals surface area (Å²) in [7, 11) is -2.00. The van der Waals surface area contributed by atoms with Crippen molar-refractivity contribution in [3.05, 3.63) is 36.7 Å². The SMILES string of the molecule is CCCN(C1CCNC1)S(=O)(=O)c1cnn(-c2ccccc2OC)c1.Cl. The van der Waals surface area contributed by atoms with Gasteiger partial charge in [0, 0.05) is 19.1 Å². The van der Waals surface area contributed by atoms with E-state index in [0.29, 0.717) is 24.5 Å². The van der Waals surface area contributed by atoms with Gasteiger partial charge in [0.25, 0.3) is 0 Å². The Labute approximate surface area is 160 Å². The predicted molar refractivity (Wildman–Crippen MR) is 103 cm³/mol. The fourth-order valence-electron chi connectivity index (χ4n) is 3.13. The number of methoxy groups -OCH3 is 1. The van der Waals surface area contributed by atoms with Gasteiger partial charge in [0.15, 0.2) is 0 Å². The molecule has 1 aliphatic heterocycles. The summed E-state index contributed by atoms with van der Waals surface area (Å²) < 4.78 is 34.7. The van der Waals surface area contributed by atoms with Gasteiger partial charge < -0.3 is 10.1 Å². The molecule has 144 valence electrons. The van der Waals surface area contributed by atoms with Gasteiger partial charge in [0.2, 0.25) is 10.0 Å². The van der Waals surface area contributed by atoms with Crippen LogP contribution in [0.4, 0.5) is 0 Å². The standard InChI is InChI=1S/C17H24N4O3S.ClH/c1-3-10-21(14-8-9-18-11-14)25(22,23)15-12-19-20(13-15)16-6-4-5-7-17(16)24-2;/h4-7,12-14,18H,3,8-11H2,1-2H3;1H. The predicted octanol–water partition coefficient (Wildman–Crippen LogP) is 2.07. The van der Waals surface area contributed by atoms with Crippen LogP contribution in [0, 0.1) is 0 Å². The maximum atomic E-state index is 13.1. The van der Waals surface area contributed by atoms with Gasteiger partial charge in [0.05, 0.1) is 19.5 Å². The highest BCUT2D eigenvalue weighted by Crippen LogP contribution is 2.25. The van der Waals surface area contributed by atoms with E-state index < -0.39 is 10.0 Å². The molecule has 1 aromatic heterocycles. The zero-order chi connectivity index (χ0) is 17.9. The van der Waals surface area contributed by atoms with E-state index in [1.165, 1.54) is 6.20 Å². The van der Waals surface area contributed by atoms with Crippen molar-refractivity contribution < 1.29 is 13.2 Å². The molecule has 3 rings (SSSR count). The van der Waals surface area contributed by atoms with Crippen LogP contribution in [0.2, 0.25) is 0 Å². The first-order valence-electron chi connectivity index (χ1n) is 8.48. The zero-order valence-electron chi connectivity index (χ0n) is 15.0. The number of rotatable bonds is 7. The van der Waals surface area contributed by atoms with E-state index in [0.717, 1.165) is 19.4 Å². The molecule has 1 N–H and O–H groups in total. The minimum atomic E-state index is -3.58. The highest BCUT2D eigenvalue weighted by atomic mass is 35.5. The molecule has 1 aromatic carbocycles. The number of para-hydroxylation sites is 2. The summed E-state index contributed by atoms with van der Waals surface area (Å²) in [6, 6.07) is 7.38. The molecule has 0 bridgehead atoms. The average molecular weight is 401 g/mol. The van der Waals surface area contributed by atoms with Crippen LogP contribution in [-0.4, -0.2) is 55.3 Å². The van der Waals surface area contributed by atoms with Crippen molar-refractivity contribution in [2.24, 2.45) is 0 Å². The Balaban J connectivity index is 0.00000243. The number of benzene rings is 1. The van der Waals surface area contributed by atoms with Gasteiger partial charge in [-0.05, 0) is 31.5 Å². The number of hydrogen-bond acceptors (Lipinski definition) is 5. The highest BCUT2D eigenvalue weighted by Gasteiger charge is 2.33. The quantitative estimate of drug-likeness (QED) is 0.769. The van der Waals surface area contributed by atoms with E-state index in [-0.39, 0.29) is 23.3 Å². The Kier molecular flexibility index (Phi) is 7.05. The molecule has 1 unspecified atom stereocenters. The third-order valence-corrected chi connectivity index (χ3v) is 6.29. The molecule has 9 heteroatoms. The van der Waals surface area contributed by atoms with E-state index in [1.54, 1.807) is 22.3 Å². The summed E-state index contributed by atoms with van der Waals surface area (Å²) >= 11 is 0. The molecule has 26 heavy (non-hydrogen) atoms. The lowest BCUT2D eigenvalue weighted by molar-refractivity contribution is 0.335. The number of sulfonamides is 1. The molecule has 1 saturated heterocycles. The minimum Gasteiger partial charge on any atom is -0.494 e. The van der Waals surface area contributed by atoms with Crippen LogP contribution in [-0.2, 0) is 10.0 Å². The monoisotopic (exact) mass is 400 g/mol. The van der Waals surface area contributed by atoms with E-state index in [1.807, 2.05) is 31.2 Å². The first-order chi connectivity index (χ1) is 12.1. The third kappa shape index (κ3) is 4.03. The first-order valence-corrected chi connectivity index (χ1v) is 9.92. The van der Waals surface area contributed by atoms with Gasteiger partial charge in [-0.2, -0.15) is 9.40 Å². The van der Waals surface area contributed by atoms with Crippen LogP contribution >= 0.6 is 12.4 Å². The largest absolute Gasteiger partial charge is 0.494 e. The minimum absolute atomic E-state index is 0. The third-order valence-electron chi connectivity index (χ3n) is 4.38. The van der Waals surface area contributed by atoms with Gasteiger partial charge >= 0.3 is 0 Å². The number of nitrogens with one attached hydrogen (secondary N) is 1. The summed E-state index contributed by atoms with van der Waals surface area (Å²) in [4.78, 5) is 0.207. The second-order valence-corrected chi connectivity index (χ2v) is 7.95. The summed E-state index contributed by atoms with van der Waals surface area (Å²) in [6.45, 7) is 4.04. The van der Waals surface area contributed by atoms with Crippen molar-refractivity contribution in [1.82, 2.24) is 19.4 Å². The Morgan fingerprint density at radius 2 is 2.15 bits per heavy atom. The summed E-state index contributed by atoms with van der Waals surface area (Å²) in [6.07, 6.45) is 4.57. The van der Waals surface area contributed by atoms with Gasteiger partial charge in [0.1, 0.15) is 16.3 Å². The molecule has 1 atom stereocenters. The average Bonchev–Trinajstić information content (AvgIpc) is 3.31. The van der Waals surface area contributed by atoms with Crippen LogP contribution < -0.4 is 10.1 Å². The number of hydrogen-bond donors (Lipinski definition) is 1. The lowest BCUT2D eigenvalue weighted by Crippen LogP contribution is -2.41. The molecule has 0 saturated carbocycles. The van der Waals surface area contributed by atoms with Gasteiger partial charge in [-0.1, -0.05) is 19.1 Å². The molecule has 2 heterocycles. The number of nitrogens with zero attached hydrogens (tertiary/aromatic N) is 3. The maximum Gasteiger partial charge on any atom is 0.246 e. The van der Waals surface area contributed by atoms with Crippen LogP contribution in [0.1, 0.15) is 19.8 Å². The number of aromatic nitrogens is 2. The lowest BCUT2D eigenvalue weighted by atomic mass is 10.2. The lowest BCUT2D eigenvalue weighted by Gasteiger charge is -2.26. The molecule has 1 fully saturated rings. The van der Waals surface area contributed by atoms with Crippen LogP contribution in [0.5, 0.6) is 5.75 Å². The van der Waals surface area contributed by atoms with Crippen molar-refractivity contribution in [2.75, 3.05) is 26.7 Å². The van der Waals surface area contributed by atoms with E-state index in [9.17, 15) is 8.42 Å². The smallest absolute Gasteiger partial charge is 0.246 e. The summed E-state index contributed by atoms with van der Waals surface area (Å²) in [5.41, 5.74) is 0.705. The summed E-state index contributed by atoms with van der Waals surface area (Å²) in [5, 5.41) is 7.48. The van der Waals surface area contributed by atoms with E-state index in [4.69, 9.17) is 4.74 Å². The zero-order valence-corrected chi connectivity index (χ0v) is 16.6. The Bertz CT molecular complexity index is 819. The van der Waals surface area contributed by atoms with Crippen molar-refractivity contribution in [1.29, 1.82) is 0 Å². The molecule has 0 radical (unpaired) electrons. The molecule has 0 aliphatic carbocycles. The van der Waals surface area contributed by atoms with Crippen LogP contribution in [0.3, 0.4) is 0 Å². The van der Waals surface area contributed by atoms with Gasteiger partial charge in [-0.15, -0.1) is 12.4 Å². The molecular weight excluding hydrogens is 376 g/mol. The highest BCUT2D eigenvalue weighted by molar-refractivity contribution is 7.89. The second kappa shape index (κ2) is 8.85. The van der Waals surface area contributed by atoms with Gasteiger partial charge in [-0.25, -0.2) is 13.1 Å². The Hall–Kier alpha value is -1.61. The van der Waals surface area contributed by atoms with Crippen LogP contribution in [0.15, 0.2) is 41.6 Å². The molecule has 1 aliphatic rings. The van der Waals surface area contributed by atoms with Crippen molar-refractivity contribution in [3.63, 3.8) is 0 Å². The Morgan fingerprint density at radius 3 is 2.81 bits per heavy atom. The maximum absolute atomic E-state index is 13.1. The van der Waals surface area contributed by atoms with Crippen LogP contribution in [0.25, 0.3) is 5.69 Å². The Morgan fingerprint density at radius 1 is 1.38 bits per heavy atom. The second-order valence-electron chi connectivity index (χ2n) is 6.05. The van der Waals surface area contributed by atoms with E-state index in [2.05, 4.69) is 10.4 Å². The molecular formula is C17H25ClN4O3S. The normalized spacial score (nSPS) is 17.3. The topological polar surface area (TPSA) is 76.5 Å². The number of ether oxygens (including phenoxy) is 1. The van der Waals surface area contributed by atoms with Crippen molar-refractivity contribution in [2.45, 2.75) is 30.7 Å². The first kappa shape index (κ1) is 20.7. The van der Waals surface area contributed by atoms with Crippen molar-refractivity contribution in [3.8, 4) is 11.4 Å². The number of halogens is 1. The molecule has 7 nitrogen and oxygen atoms in total. The fourth-order valence-corrected chi connectivity index (χ4v) is 4.81. The fraction of sp³-hybridized carbons (Fsp3) is 0.471. The molecule has 0 amide bonds. The molecule has 0 spiro atoms. The molecule has 2 aromatic rings.